The number of carboxylic acids is 1. The molecule has 0 amide bonds. The predicted molar refractivity (Wildman–Crippen MR) is 68.3 cm³/mol. The van der Waals surface area contributed by atoms with Crippen molar-refractivity contribution in [3.05, 3.63) is 34.9 Å². The van der Waals surface area contributed by atoms with Crippen molar-refractivity contribution in [2.24, 2.45) is 0 Å². The number of sulfonamides is 1. The molecule has 0 aromatic carbocycles. The van der Waals surface area contributed by atoms with E-state index in [2.05, 4.69) is 14.9 Å². The number of furan rings is 1. The standard InChI is InChI=1S/C10H8ClN3O5S/c1-5-7(4-6(19-5)10(15)16)20(17,18)14-9-3-2-8(11)12-13-9/h2-4H,1H3,(H,13,14)(H,15,16). The van der Waals surface area contributed by atoms with Gasteiger partial charge >= 0.3 is 5.97 Å². The van der Waals surface area contributed by atoms with Gasteiger partial charge < -0.3 is 9.52 Å². The molecule has 0 bridgehead atoms. The van der Waals surface area contributed by atoms with E-state index >= 15 is 0 Å². The van der Waals surface area contributed by atoms with Crippen molar-refractivity contribution in [1.29, 1.82) is 0 Å². The Labute approximate surface area is 118 Å². The number of aryl methyl sites for hydroxylation is 1. The molecule has 0 radical (unpaired) electrons. The van der Waals surface area contributed by atoms with E-state index in [0.29, 0.717) is 0 Å². The minimum atomic E-state index is -4.02. The number of nitrogens with one attached hydrogen (secondary N) is 1. The van der Waals surface area contributed by atoms with Crippen LogP contribution in [0.15, 0.2) is 27.5 Å². The molecular weight excluding hydrogens is 310 g/mol. The van der Waals surface area contributed by atoms with Crippen LogP contribution in [0.5, 0.6) is 0 Å². The highest BCUT2D eigenvalue weighted by Gasteiger charge is 2.24. The maximum absolute atomic E-state index is 12.1. The number of aromatic nitrogens is 2. The average molecular weight is 318 g/mol. The molecule has 0 saturated heterocycles. The summed E-state index contributed by atoms with van der Waals surface area (Å²) in [7, 11) is -4.02. The monoisotopic (exact) mass is 317 g/mol. The average Bonchev–Trinajstić information content (AvgIpc) is 2.75. The van der Waals surface area contributed by atoms with Crippen LogP contribution < -0.4 is 4.72 Å². The van der Waals surface area contributed by atoms with Gasteiger partial charge in [0.25, 0.3) is 10.0 Å². The molecule has 10 heteroatoms. The van der Waals surface area contributed by atoms with Crippen LogP contribution in [0.1, 0.15) is 16.3 Å². The van der Waals surface area contributed by atoms with E-state index in [1.54, 1.807) is 0 Å². The number of nitrogens with zero attached hydrogens (tertiary/aromatic N) is 2. The summed E-state index contributed by atoms with van der Waals surface area (Å²) < 4.78 is 31.1. The molecule has 106 valence electrons. The van der Waals surface area contributed by atoms with E-state index < -0.39 is 21.8 Å². The van der Waals surface area contributed by atoms with Gasteiger partial charge in [-0.1, -0.05) is 11.6 Å². The molecule has 2 aromatic heterocycles. The Hall–Kier alpha value is -2.13. The first-order valence-electron chi connectivity index (χ1n) is 5.15. The van der Waals surface area contributed by atoms with Crippen molar-refractivity contribution in [2.75, 3.05) is 4.72 Å². The molecule has 0 aliphatic rings. The third-order valence-corrected chi connectivity index (χ3v) is 3.91. The molecule has 0 spiro atoms. The molecule has 0 aliphatic carbocycles. The Morgan fingerprint density at radius 2 is 2.10 bits per heavy atom. The number of halogens is 1. The second-order valence-corrected chi connectivity index (χ2v) is 5.72. The lowest BCUT2D eigenvalue weighted by Gasteiger charge is -2.04. The van der Waals surface area contributed by atoms with Crippen LogP contribution in [0.4, 0.5) is 5.82 Å². The number of hydrogen-bond donors (Lipinski definition) is 2. The van der Waals surface area contributed by atoms with E-state index in [9.17, 15) is 13.2 Å². The van der Waals surface area contributed by atoms with Crippen molar-refractivity contribution in [3.63, 3.8) is 0 Å². The lowest BCUT2D eigenvalue weighted by Crippen LogP contribution is -2.14. The summed E-state index contributed by atoms with van der Waals surface area (Å²) >= 11 is 5.53. The van der Waals surface area contributed by atoms with E-state index in [0.717, 1.165) is 6.07 Å². The molecule has 0 fully saturated rings. The van der Waals surface area contributed by atoms with E-state index in [1.165, 1.54) is 19.1 Å². The Morgan fingerprint density at radius 3 is 2.60 bits per heavy atom. The highest BCUT2D eigenvalue weighted by Crippen LogP contribution is 2.22. The van der Waals surface area contributed by atoms with E-state index in [-0.39, 0.29) is 21.6 Å². The molecule has 0 atom stereocenters. The Bertz CT molecular complexity index is 754. The first-order valence-corrected chi connectivity index (χ1v) is 7.01. The molecular formula is C10H8ClN3O5S. The molecule has 20 heavy (non-hydrogen) atoms. The van der Waals surface area contributed by atoms with Crippen molar-refractivity contribution in [3.8, 4) is 0 Å². The van der Waals surface area contributed by atoms with Crippen LogP contribution in [0.3, 0.4) is 0 Å². The van der Waals surface area contributed by atoms with Crippen LogP contribution in [-0.2, 0) is 10.0 Å². The Morgan fingerprint density at radius 1 is 1.40 bits per heavy atom. The zero-order valence-electron chi connectivity index (χ0n) is 9.99. The molecule has 2 heterocycles. The first-order chi connectivity index (χ1) is 9.29. The SMILES string of the molecule is Cc1oc(C(=O)O)cc1S(=O)(=O)Nc1ccc(Cl)nn1. The fraction of sp³-hybridized carbons (Fsp3) is 0.100. The Balaban J connectivity index is 2.35. The Kier molecular flexibility index (Phi) is 3.64. The predicted octanol–water partition coefficient (Wildman–Crippen LogP) is 1.53. The highest BCUT2D eigenvalue weighted by molar-refractivity contribution is 7.92. The first kappa shape index (κ1) is 14.3. The zero-order chi connectivity index (χ0) is 14.9. The summed E-state index contributed by atoms with van der Waals surface area (Å²) in [6.07, 6.45) is 0. The molecule has 2 aromatic rings. The molecule has 0 saturated carbocycles. The van der Waals surface area contributed by atoms with Gasteiger partial charge in [0.1, 0.15) is 10.7 Å². The molecule has 0 unspecified atom stereocenters. The summed E-state index contributed by atoms with van der Waals surface area (Å²) in [5.41, 5.74) is 0. The highest BCUT2D eigenvalue weighted by atomic mass is 35.5. The topological polar surface area (TPSA) is 122 Å². The van der Waals surface area contributed by atoms with Crippen LogP contribution in [0.25, 0.3) is 0 Å². The van der Waals surface area contributed by atoms with Gasteiger partial charge in [-0.25, -0.2) is 13.2 Å². The third-order valence-electron chi connectivity index (χ3n) is 2.24. The third kappa shape index (κ3) is 2.89. The fourth-order valence-corrected chi connectivity index (χ4v) is 2.68. The second-order valence-electron chi connectivity index (χ2n) is 3.68. The van der Waals surface area contributed by atoms with Gasteiger partial charge in [0.05, 0.1) is 0 Å². The number of aromatic carboxylic acids is 1. The summed E-state index contributed by atoms with van der Waals surface area (Å²) in [5.74, 6) is -1.92. The molecule has 2 N–H and O–H groups in total. The van der Waals surface area contributed by atoms with Crippen LogP contribution >= 0.6 is 11.6 Å². The molecule has 0 aliphatic heterocycles. The summed E-state index contributed by atoms with van der Waals surface area (Å²) in [5, 5.41) is 15.9. The molecule has 2 rings (SSSR count). The summed E-state index contributed by atoms with van der Waals surface area (Å²) in [6.45, 7) is 1.34. The van der Waals surface area contributed by atoms with Gasteiger partial charge in [-0.15, -0.1) is 10.2 Å². The fourth-order valence-electron chi connectivity index (χ4n) is 1.40. The van der Waals surface area contributed by atoms with E-state index in [1.807, 2.05) is 0 Å². The largest absolute Gasteiger partial charge is 0.475 e. The van der Waals surface area contributed by atoms with Crippen molar-refractivity contribution < 1.29 is 22.7 Å². The van der Waals surface area contributed by atoms with Gasteiger partial charge in [0.2, 0.25) is 5.76 Å². The molecule has 8 nitrogen and oxygen atoms in total. The van der Waals surface area contributed by atoms with Crippen molar-refractivity contribution in [1.82, 2.24) is 10.2 Å². The summed E-state index contributed by atoms with van der Waals surface area (Å²) in [4.78, 5) is 10.5. The number of anilines is 1. The minimum Gasteiger partial charge on any atom is -0.475 e. The lowest BCUT2D eigenvalue weighted by molar-refractivity contribution is 0.0661. The van der Waals surface area contributed by atoms with Crippen molar-refractivity contribution in [2.45, 2.75) is 11.8 Å². The zero-order valence-corrected chi connectivity index (χ0v) is 11.6. The maximum atomic E-state index is 12.1. The van der Waals surface area contributed by atoms with Gasteiger partial charge in [-0.3, -0.25) is 4.72 Å². The number of carbonyl (C=O) groups is 1. The second kappa shape index (κ2) is 5.10. The van der Waals surface area contributed by atoms with Crippen LogP contribution in [-0.4, -0.2) is 29.7 Å². The minimum absolute atomic E-state index is 0.0446. The van der Waals surface area contributed by atoms with Gasteiger partial charge in [0, 0.05) is 6.07 Å². The number of carboxylic acid groups (broad SMARTS) is 1. The van der Waals surface area contributed by atoms with Crippen LogP contribution in [0.2, 0.25) is 5.15 Å². The summed E-state index contributed by atoms with van der Waals surface area (Å²) in [6, 6.07) is 3.60. The van der Waals surface area contributed by atoms with E-state index in [4.69, 9.17) is 21.1 Å². The quantitative estimate of drug-likeness (QED) is 0.876. The number of rotatable bonds is 4. The van der Waals surface area contributed by atoms with Gasteiger partial charge in [0.15, 0.2) is 11.0 Å². The van der Waals surface area contributed by atoms with Crippen LogP contribution in [0, 0.1) is 6.92 Å². The van der Waals surface area contributed by atoms with Gasteiger partial charge in [-0.05, 0) is 19.1 Å². The van der Waals surface area contributed by atoms with Gasteiger partial charge in [-0.2, -0.15) is 0 Å². The maximum Gasteiger partial charge on any atom is 0.371 e. The smallest absolute Gasteiger partial charge is 0.371 e. The normalized spacial score (nSPS) is 11.3. The van der Waals surface area contributed by atoms with Crippen molar-refractivity contribution >= 4 is 33.4 Å². The number of hydrogen-bond acceptors (Lipinski definition) is 6. The lowest BCUT2D eigenvalue weighted by atomic mass is 10.4.